The van der Waals surface area contributed by atoms with Crippen molar-refractivity contribution in [1.29, 1.82) is 0 Å². The van der Waals surface area contributed by atoms with E-state index in [9.17, 15) is 19.2 Å². The van der Waals surface area contributed by atoms with E-state index in [1.165, 1.54) is 12.1 Å². The Bertz CT molecular complexity index is 988. The molecule has 3 atom stereocenters. The molecule has 0 bridgehead atoms. The van der Waals surface area contributed by atoms with Crippen LogP contribution in [0, 0.1) is 18.3 Å². The predicted octanol–water partition coefficient (Wildman–Crippen LogP) is 2.91. The van der Waals surface area contributed by atoms with Crippen LogP contribution < -0.4 is 0 Å². The van der Waals surface area contributed by atoms with Gasteiger partial charge in [-0.05, 0) is 19.4 Å². The van der Waals surface area contributed by atoms with Crippen molar-refractivity contribution in [3.8, 4) is 0 Å². The van der Waals surface area contributed by atoms with E-state index in [-0.39, 0.29) is 17.7 Å². The lowest BCUT2D eigenvalue weighted by Gasteiger charge is -2.22. The SMILES string of the molecule is CCOC(=O)C1C(c2ccc(C)cc2)C12C(=O)C(=O)c1ccccc1C2=O. The molecule has 2 aliphatic carbocycles. The van der Waals surface area contributed by atoms with Gasteiger partial charge < -0.3 is 4.74 Å². The minimum absolute atomic E-state index is 0.107. The normalized spacial score (nSPS) is 26.1. The van der Waals surface area contributed by atoms with Crippen LogP contribution in [0.5, 0.6) is 0 Å². The molecule has 0 aliphatic heterocycles. The fourth-order valence-corrected chi connectivity index (χ4v) is 4.25. The quantitative estimate of drug-likeness (QED) is 0.477. The molecule has 2 aromatic rings. The molecule has 2 aromatic carbocycles. The van der Waals surface area contributed by atoms with Gasteiger partial charge in [-0.2, -0.15) is 0 Å². The monoisotopic (exact) mass is 362 g/mol. The van der Waals surface area contributed by atoms with Crippen LogP contribution in [0.1, 0.15) is 44.7 Å². The van der Waals surface area contributed by atoms with E-state index < -0.39 is 40.6 Å². The second kappa shape index (κ2) is 5.98. The maximum atomic E-state index is 13.3. The number of aryl methyl sites for hydroxylation is 1. The Morgan fingerprint density at radius 3 is 2.22 bits per heavy atom. The lowest BCUT2D eigenvalue weighted by atomic mass is 9.75. The van der Waals surface area contributed by atoms with E-state index in [1.807, 2.05) is 19.1 Å². The summed E-state index contributed by atoms with van der Waals surface area (Å²) < 4.78 is 5.13. The van der Waals surface area contributed by atoms with E-state index in [0.29, 0.717) is 5.56 Å². The molecular weight excluding hydrogens is 344 g/mol. The molecule has 0 N–H and O–H groups in total. The number of carbonyl (C=O) groups excluding carboxylic acids is 4. The van der Waals surface area contributed by atoms with Crippen molar-refractivity contribution in [3.05, 3.63) is 70.8 Å². The Morgan fingerprint density at radius 2 is 1.59 bits per heavy atom. The first-order chi connectivity index (χ1) is 12.9. The van der Waals surface area contributed by atoms with Gasteiger partial charge in [0.15, 0.2) is 5.78 Å². The largest absolute Gasteiger partial charge is 0.466 e. The lowest BCUT2D eigenvalue weighted by Crippen LogP contribution is -2.41. The molecule has 27 heavy (non-hydrogen) atoms. The molecule has 0 amide bonds. The molecule has 1 saturated carbocycles. The van der Waals surface area contributed by atoms with Gasteiger partial charge in [-0.15, -0.1) is 0 Å². The van der Waals surface area contributed by atoms with Crippen LogP contribution in [-0.4, -0.2) is 29.9 Å². The highest BCUT2D eigenvalue weighted by Crippen LogP contribution is 2.68. The number of ether oxygens (including phenoxy) is 1. The zero-order chi connectivity index (χ0) is 19.3. The predicted molar refractivity (Wildman–Crippen MR) is 96.6 cm³/mol. The second-order valence-electron chi connectivity index (χ2n) is 7.02. The molecule has 1 spiro atoms. The highest BCUT2D eigenvalue weighted by Gasteiger charge is 2.79. The lowest BCUT2D eigenvalue weighted by molar-refractivity contribution is -0.146. The van der Waals surface area contributed by atoms with Crippen LogP contribution in [0.25, 0.3) is 0 Å². The molecule has 4 rings (SSSR count). The van der Waals surface area contributed by atoms with Crippen LogP contribution in [0.3, 0.4) is 0 Å². The third kappa shape index (κ3) is 2.24. The molecule has 136 valence electrons. The number of ketones is 3. The fraction of sp³-hybridized carbons (Fsp3) is 0.273. The molecule has 0 aromatic heterocycles. The summed E-state index contributed by atoms with van der Waals surface area (Å²) in [6.45, 7) is 3.73. The summed E-state index contributed by atoms with van der Waals surface area (Å²) in [7, 11) is 0. The molecule has 1 fully saturated rings. The van der Waals surface area contributed by atoms with E-state index in [1.54, 1.807) is 31.2 Å². The molecule has 0 saturated heterocycles. The number of hydrogen-bond acceptors (Lipinski definition) is 5. The Kier molecular flexibility index (Phi) is 3.84. The Labute approximate surface area is 156 Å². The number of esters is 1. The van der Waals surface area contributed by atoms with Gasteiger partial charge in [0.2, 0.25) is 11.6 Å². The smallest absolute Gasteiger partial charge is 0.311 e. The first-order valence-corrected chi connectivity index (χ1v) is 8.90. The highest BCUT2D eigenvalue weighted by molar-refractivity contribution is 6.55. The molecule has 0 heterocycles. The number of hydrogen-bond donors (Lipinski definition) is 0. The number of carbonyl (C=O) groups is 4. The zero-order valence-corrected chi connectivity index (χ0v) is 15.0. The topological polar surface area (TPSA) is 77.5 Å². The third-order valence-electron chi connectivity index (χ3n) is 5.56. The van der Waals surface area contributed by atoms with Gasteiger partial charge in [0.25, 0.3) is 0 Å². The van der Waals surface area contributed by atoms with E-state index in [2.05, 4.69) is 0 Å². The first-order valence-electron chi connectivity index (χ1n) is 8.90. The summed E-state index contributed by atoms with van der Waals surface area (Å²) in [5, 5.41) is 0. The summed E-state index contributed by atoms with van der Waals surface area (Å²) in [6, 6.07) is 13.6. The van der Waals surface area contributed by atoms with Crippen molar-refractivity contribution in [2.75, 3.05) is 6.61 Å². The van der Waals surface area contributed by atoms with Gasteiger partial charge in [-0.1, -0.05) is 54.1 Å². The van der Waals surface area contributed by atoms with E-state index in [0.717, 1.165) is 5.56 Å². The number of fused-ring (bicyclic) bond motifs is 1. The van der Waals surface area contributed by atoms with Crippen LogP contribution in [-0.2, 0) is 14.3 Å². The van der Waals surface area contributed by atoms with Gasteiger partial charge in [0.1, 0.15) is 5.41 Å². The van der Waals surface area contributed by atoms with Crippen molar-refractivity contribution < 1.29 is 23.9 Å². The first kappa shape index (κ1) is 17.3. The fourth-order valence-electron chi connectivity index (χ4n) is 4.25. The molecule has 2 aliphatic rings. The summed E-state index contributed by atoms with van der Waals surface area (Å²) in [5.74, 6) is -4.26. The Hall–Kier alpha value is -3.08. The number of benzene rings is 2. The third-order valence-corrected chi connectivity index (χ3v) is 5.56. The van der Waals surface area contributed by atoms with E-state index in [4.69, 9.17) is 4.74 Å². The van der Waals surface area contributed by atoms with Crippen LogP contribution >= 0.6 is 0 Å². The summed E-state index contributed by atoms with van der Waals surface area (Å²) in [5.41, 5.74) is 0.324. The van der Waals surface area contributed by atoms with Crippen LogP contribution in [0.2, 0.25) is 0 Å². The summed E-state index contributed by atoms with van der Waals surface area (Å²) >= 11 is 0. The second-order valence-corrected chi connectivity index (χ2v) is 7.02. The maximum Gasteiger partial charge on any atom is 0.311 e. The van der Waals surface area contributed by atoms with Crippen molar-refractivity contribution in [2.24, 2.45) is 11.3 Å². The Balaban J connectivity index is 1.89. The van der Waals surface area contributed by atoms with Crippen LogP contribution in [0.4, 0.5) is 0 Å². The number of Topliss-reactive ketones (excluding diaryl/α,β-unsaturated/α-hetero) is 3. The van der Waals surface area contributed by atoms with Crippen LogP contribution in [0.15, 0.2) is 48.5 Å². The molecule has 0 radical (unpaired) electrons. The van der Waals surface area contributed by atoms with Crippen molar-refractivity contribution in [2.45, 2.75) is 19.8 Å². The Morgan fingerprint density at radius 1 is 0.963 bits per heavy atom. The standard InChI is InChI=1S/C22H18O5/c1-3-27-21(26)17-16(13-10-8-12(2)9-11-13)22(17)19(24)15-7-5-4-6-14(15)18(23)20(22)25/h4-11,16-17H,3H2,1-2H3. The van der Waals surface area contributed by atoms with Gasteiger partial charge in [0, 0.05) is 17.0 Å². The van der Waals surface area contributed by atoms with Gasteiger partial charge >= 0.3 is 5.97 Å². The molecular formula is C22H18O5. The van der Waals surface area contributed by atoms with Gasteiger partial charge in [-0.25, -0.2) is 0 Å². The van der Waals surface area contributed by atoms with Crippen molar-refractivity contribution in [3.63, 3.8) is 0 Å². The van der Waals surface area contributed by atoms with Gasteiger partial charge in [0.05, 0.1) is 12.5 Å². The van der Waals surface area contributed by atoms with Crippen molar-refractivity contribution >= 4 is 23.3 Å². The van der Waals surface area contributed by atoms with Crippen molar-refractivity contribution in [1.82, 2.24) is 0 Å². The maximum absolute atomic E-state index is 13.3. The van der Waals surface area contributed by atoms with Gasteiger partial charge in [-0.3, -0.25) is 19.2 Å². The summed E-state index contributed by atoms with van der Waals surface area (Å²) in [6.07, 6.45) is 0. The van der Waals surface area contributed by atoms with E-state index >= 15 is 0 Å². The zero-order valence-electron chi connectivity index (χ0n) is 15.0. The number of rotatable bonds is 3. The average molecular weight is 362 g/mol. The minimum Gasteiger partial charge on any atom is -0.466 e. The average Bonchev–Trinajstić information content (AvgIpc) is 3.37. The molecule has 3 unspecified atom stereocenters. The highest BCUT2D eigenvalue weighted by atomic mass is 16.5. The molecule has 5 nitrogen and oxygen atoms in total. The molecule has 5 heteroatoms. The minimum atomic E-state index is -1.69. The summed E-state index contributed by atoms with van der Waals surface area (Å²) in [4.78, 5) is 51.7.